The monoisotopic (exact) mass is 339 g/mol. The van der Waals surface area contributed by atoms with E-state index in [1.54, 1.807) is 43.6 Å². The van der Waals surface area contributed by atoms with Crippen LogP contribution in [0.5, 0.6) is 5.88 Å². The van der Waals surface area contributed by atoms with Gasteiger partial charge in [0, 0.05) is 19.5 Å². The average Bonchev–Trinajstić information content (AvgIpc) is 3.10. The fourth-order valence-corrected chi connectivity index (χ4v) is 3.16. The van der Waals surface area contributed by atoms with E-state index in [9.17, 15) is 4.79 Å². The maximum atomic E-state index is 12.6. The van der Waals surface area contributed by atoms with E-state index in [4.69, 9.17) is 4.74 Å². The molecule has 2 heterocycles. The number of rotatable bonds is 5. The van der Waals surface area contributed by atoms with Crippen molar-refractivity contribution in [3.05, 3.63) is 70.3 Å². The smallest absolute Gasteiger partial charge is 0.269 e. The summed E-state index contributed by atoms with van der Waals surface area (Å²) in [6.45, 7) is 0. The first-order valence-electron chi connectivity index (χ1n) is 7.44. The summed E-state index contributed by atoms with van der Waals surface area (Å²) in [6.07, 6.45) is 3.98. The number of hydrogen-bond acceptors (Lipinski definition) is 5. The molecule has 1 amide bonds. The second kappa shape index (κ2) is 7.23. The Labute approximate surface area is 144 Å². The molecule has 0 atom stereocenters. The minimum absolute atomic E-state index is 0.0984. The molecule has 0 unspecified atom stereocenters. The van der Waals surface area contributed by atoms with Crippen molar-refractivity contribution in [1.82, 2.24) is 9.97 Å². The van der Waals surface area contributed by atoms with Gasteiger partial charge in [-0.2, -0.15) is 0 Å². The molecule has 6 heteroatoms. The van der Waals surface area contributed by atoms with Crippen molar-refractivity contribution in [2.24, 2.45) is 0 Å². The number of benzene rings is 1. The highest BCUT2D eigenvalue weighted by atomic mass is 32.1. The first kappa shape index (κ1) is 16.1. The van der Waals surface area contributed by atoms with Gasteiger partial charge in [0.15, 0.2) is 0 Å². The van der Waals surface area contributed by atoms with Crippen LogP contribution in [-0.4, -0.2) is 30.0 Å². The summed E-state index contributed by atoms with van der Waals surface area (Å²) in [5.74, 6) is 0.418. The summed E-state index contributed by atoms with van der Waals surface area (Å²) in [4.78, 5) is 23.3. The molecule has 0 saturated carbocycles. The summed E-state index contributed by atoms with van der Waals surface area (Å²) in [5.41, 5.74) is 1.89. The molecule has 0 aliphatic rings. The average molecular weight is 339 g/mol. The minimum Gasteiger partial charge on any atom is -0.481 e. The Morgan fingerprint density at radius 2 is 1.92 bits per heavy atom. The molecule has 3 aromatic rings. The van der Waals surface area contributed by atoms with Crippen LogP contribution >= 0.6 is 11.3 Å². The highest BCUT2D eigenvalue weighted by molar-refractivity contribution is 7.13. The lowest BCUT2D eigenvalue weighted by molar-refractivity contribution is 0.0996. The molecule has 0 aliphatic heterocycles. The van der Waals surface area contributed by atoms with Crippen LogP contribution in [0.2, 0.25) is 0 Å². The predicted octanol–water partition coefficient (Wildman–Crippen LogP) is 3.41. The van der Waals surface area contributed by atoms with Gasteiger partial charge in [0.05, 0.1) is 30.2 Å². The first-order chi connectivity index (χ1) is 11.7. The van der Waals surface area contributed by atoms with Crippen LogP contribution in [0, 0.1) is 0 Å². The van der Waals surface area contributed by atoms with E-state index >= 15 is 0 Å². The van der Waals surface area contributed by atoms with Gasteiger partial charge in [-0.1, -0.05) is 30.3 Å². The Morgan fingerprint density at radius 3 is 2.58 bits per heavy atom. The van der Waals surface area contributed by atoms with Crippen molar-refractivity contribution < 1.29 is 9.53 Å². The predicted molar refractivity (Wildman–Crippen MR) is 94.9 cm³/mol. The van der Waals surface area contributed by atoms with E-state index in [1.165, 1.54) is 16.9 Å². The van der Waals surface area contributed by atoms with E-state index in [1.807, 2.05) is 18.2 Å². The molecule has 0 radical (unpaired) electrons. The molecule has 0 spiro atoms. The normalized spacial score (nSPS) is 10.4. The summed E-state index contributed by atoms with van der Waals surface area (Å²) in [6, 6.07) is 13.6. The van der Waals surface area contributed by atoms with Gasteiger partial charge in [0.1, 0.15) is 4.88 Å². The van der Waals surface area contributed by atoms with Crippen molar-refractivity contribution in [3.8, 4) is 5.88 Å². The Balaban J connectivity index is 1.72. The van der Waals surface area contributed by atoms with E-state index in [0.717, 1.165) is 11.4 Å². The highest BCUT2D eigenvalue weighted by Crippen LogP contribution is 2.21. The number of nitrogens with zero attached hydrogens (tertiary/aromatic N) is 3. The maximum absolute atomic E-state index is 12.6. The number of carbonyl (C=O) groups excluding carboxylic acids is 1. The van der Waals surface area contributed by atoms with Crippen LogP contribution in [0.3, 0.4) is 0 Å². The van der Waals surface area contributed by atoms with Crippen molar-refractivity contribution in [2.75, 3.05) is 19.1 Å². The van der Waals surface area contributed by atoms with E-state index in [2.05, 4.69) is 22.1 Å². The number of anilines is 1. The fraction of sp³-hybridized carbons (Fsp3) is 0.167. The third kappa shape index (κ3) is 3.60. The largest absolute Gasteiger partial charge is 0.481 e. The van der Waals surface area contributed by atoms with Crippen molar-refractivity contribution in [1.29, 1.82) is 0 Å². The lowest BCUT2D eigenvalue weighted by Gasteiger charge is -2.15. The first-order valence-corrected chi connectivity index (χ1v) is 8.26. The lowest BCUT2D eigenvalue weighted by Crippen LogP contribution is -2.25. The zero-order valence-electron chi connectivity index (χ0n) is 13.5. The molecule has 5 nitrogen and oxygen atoms in total. The van der Waals surface area contributed by atoms with Gasteiger partial charge >= 0.3 is 0 Å². The summed E-state index contributed by atoms with van der Waals surface area (Å²) in [5, 5.41) is 0.922. The number of thiazole rings is 1. The van der Waals surface area contributed by atoms with Crippen molar-refractivity contribution >= 4 is 22.9 Å². The number of carbonyl (C=O) groups is 1. The number of pyridine rings is 1. The summed E-state index contributed by atoms with van der Waals surface area (Å²) in [7, 11) is 3.28. The van der Waals surface area contributed by atoms with E-state index in [-0.39, 0.29) is 5.91 Å². The molecule has 24 heavy (non-hydrogen) atoms. The van der Waals surface area contributed by atoms with Crippen LogP contribution in [-0.2, 0) is 6.42 Å². The van der Waals surface area contributed by atoms with Gasteiger partial charge in [-0.05, 0) is 11.6 Å². The van der Waals surface area contributed by atoms with Crippen LogP contribution in [0.25, 0.3) is 0 Å². The molecule has 122 valence electrons. The topological polar surface area (TPSA) is 55.3 Å². The summed E-state index contributed by atoms with van der Waals surface area (Å²) < 4.78 is 5.03. The van der Waals surface area contributed by atoms with Crippen LogP contribution in [0.4, 0.5) is 5.69 Å². The second-order valence-corrected chi connectivity index (χ2v) is 6.32. The molecule has 2 aromatic heterocycles. The minimum atomic E-state index is -0.0984. The molecule has 0 saturated heterocycles. The number of aromatic nitrogens is 2. The van der Waals surface area contributed by atoms with E-state index in [0.29, 0.717) is 16.4 Å². The molecule has 1 aromatic carbocycles. The third-order valence-corrected chi connectivity index (χ3v) is 4.57. The summed E-state index contributed by atoms with van der Waals surface area (Å²) >= 11 is 1.42. The number of ether oxygens (including phenoxy) is 1. The zero-order valence-corrected chi connectivity index (χ0v) is 14.3. The number of hydrogen-bond donors (Lipinski definition) is 0. The van der Waals surface area contributed by atoms with Crippen LogP contribution < -0.4 is 9.64 Å². The molecule has 3 rings (SSSR count). The van der Waals surface area contributed by atoms with Crippen LogP contribution in [0.15, 0.2) is 54.9 Å². The maximum Gasteiger partial charge on any atom is 0.269 e. The van der Waals surface area contributed by atoms with E-state index < -0.39 is 0 Å². The SMILES string of the molecule is COc1ccc(N(C)C(=O)c2cnc(Cc3ccccc3)s2)cn1. The Hall–Kier alpha value is -2.73. The van der Waals surface area contributed by atoms with Gasteiger partial charge in [0.2, 0.25) is 5.88 Å². The van der Waals surface area contributed by atoms with Gasteiger partial charge in [-0.15, -0.1) is 11.3 Å². The van der Waals surface area contributed by atoms with Gasteiger partial charge in [-0.3, -0.25) is 4.79 Å². The highest BCUT2D eigenvalue weighted by Gasteiger charge is 2.17. The van der Waals surface area contributed by atoms with Gasteiger partial charge in [-0.25, -0.2) is 9.97 Å². The van der Waals surface area contributed by atoms with Gasteiger partial charge in [0.25, 0.3) is 5.91 Å². The third-order valence-electron chi connectivity index (χ3n) is 3.58. The Kier molecular flexibility index (Phi) is 4.86. The zero-order chi connectivity index (χ0) is 16.9. The lowest BCUT2D eigenvalue weighted by atomic mass is 10.2. The van der Waals surface area contributed by atoms with Crippen molar-refractivity contribution in [2.45, 2.75) is 6.42 Å². The quantitative estimate of drug-likeness (QED) is 0.715. The second-order valence-electron chi connectivity index (χ2n) is 5.20. The molecular weight excluding hydrogens is 322 g/mol. The number of methoxy groups -OCH3 is 1. The van der Waals surface area contributed by atoms with Crippen molar-refractivity contribution in [3.63, 3.8) is 0 Å². The molecule has 0 N–H and O–H groups in total. The molecule has 0 aliphatic carbocycles. The standard InChI is InChI=1S/C18H17N3O2S/c1-21(14-8-9-16(23-2)19-11-14)18(22)15-12-20-17(24-15)10-13-6-4-3-5-7-13/h3-9,11-12H,10H2,1-2H3. The van der Waals surface area contributed by atoms with Gasteiger partial charge < -0.3 is 9.64 Å². The Morgan fingerprint density at radius 1 is 1.12 bits per heavy atom. The molecular formula is C18H17N3O2S. The molecule has 0 fully saturated rings. The molecule has 0 bridgehead atoms. The number of amides is 1. The van der Waals surface area contributed by atoms with Crippen LogP contribution in [0.1, 0.15) is 20.2 Å². The fourth-order valence-electron chi connectivity index (χ4n) is 2.24. The Bertz CT molecular complexity index is 816.